The van der Waals surface area contributed by atoms with Gasteiger partial charge in [-0.25, -0.2) is 0 Å². The number of amides is 2. The van der Waals surface area contributed by atoms with E-state index in [1.165, 1.54) is 0 Å². The quantitative estimate of drug-likeness (QED) is 0.594. The monoisotopic (exact) mass is 336 g/mol. The number of aromatic nitrogens is 2. The van der Waals surface area contributed by atoms with Gasteiger partial charge in [0.25, 0.3) is 0 Å². The zero-order valence-electron chi connectivity index (χ0n) is 14.5. The third-order valence-electron chi connectivity index (χ3n) is 4.73. The standard InChI is InChI=1S/C17H28N4O3/c1-3-13(11-24-2)17(23)21-15-6-5-14(15)10-18-16(22)7-4-12-8-19-20-9-12/h8-9,13-15H,3-7,10-11H2,1-2H3,(H,18,22)(H,19,20)(H,21,23)/t13?,14-,15+/m0/s1. The third-order valence-corrected chi connectivity index (χ3v) is 4.73. The minimum atomic E-state index is -0.0965. The maximum absolute atomic E-state index is 12.2. The Morgan fingerprint density at radius 1 is 1.46 bits per heavy atom. The van der Waals surface area contributed by atoms with Crippen LogP contribution in [0.25, 0.3) is 0 Å². The second-order valence-corrected chi connectivity index (χ2v) is 6.42. The van der Waals surface area contributed by atoms with E-state index < -0.39 is 0 Å². The van der Waals surface area contributed by atoms with Gasteiger partial charge in [-0.15, -0.1) is 0 Å². The van der Waals surface area contributed by atoms with Crippen molar-refractivity contribution in [2.45, 2.75) is 45.1 Å². The van der Waals surface area contributed by atoms with Crippen molar-refractivity contribution < 1.29 is 14.3 Å². The molecule has 2 amide bonds. The first-order chi connectivity index (χ1) is 11.6. The Balaban J connectivity index is 1.66. The molecule has 0 saturated heterocycles. The Morgan fingerprint density at radius 3 is 2.88 bits per heavy atom. The fourth-order valence-corrected chi connectivity index (χ4v) is 2.89. The molecular weight excluding hydrogens is 308 g/mol. The molecule has 7 nitrogen and oxygen atoms in total. The molecule has 1 aliphatic rings. The van der Waals surface area contributed by atoms with Crippen molar-refractivity contribution in [2.75, 3.05) is 20.3 Å². The molecule has 0 radical (unpaired) electrons. The Bertz CT molecular complexity index is 518. The molecule has 3 N–H and O–H groups in total. The lowest BCUT2D eigenvalue weighted by Gasteiger charge is -2.38. The summed E-state index contributed by atoms with van der Waals surface area (Å²) < 4.78 is 5.09. The van der Waals surface area contributed by atoms with E-state index in [1.807, 2.05) is 6.92 Å². The van der Waals surface area contributed by atoms with Crippen molar-refractivity contribution in [3.8, 4) is 0 Å². The number of hydrogen-bond acceptors (Lipinski definition) is 4. The summed E-state index contributed by atoms with van der Waals surface area (Å²) in [6.07, 6.45) is 7.45. The second-order valence-electron chi connectivity index (χ2n) is 6.42. The average Bonchev–Trinajstić information content (AvgIpc) is 3.08. The number of ether oxygens (including phenoxy) is 1. The SMILES string of the molecule is CCC(COC)C(=O)N[C@@H]1CC[C@H]1CNC(=O)CCc1cn[nH]c1. The fraction of sp³-hybridized carbons (Fsp3) is 0.706. The van der Waals surface area contributed by atoms with E-state index in [9.17, 15) is 9.59 Å². The minimum Gasteiger partial charge on any atom is -0.384 e. The number of H-pyrrole nitrogens is 1. The van der Waals surface area contributed by atoms with Crippen molar-refractivity contribution in [3.05, 3.63) is 18.0 Å². The van der Waals surface area contributed by atoms with Gasteiger partial charge < -0.3 is 15.4 Å². The number of hydrogen-bond donors (Lipinski definition) is 3. The Hall–Kier alpha value is -1.89. The van der Waals surface area contributed by atoms with Gasteiger partial charge in [-0.1, -0.05) is 6.92 Å². The predicted octanol–water partition coefficient (Wildman–Crippen LogP) is 1.03. The largest absolute Gasteiger partial charge is 0.384 e. The van der Waals surface area contributed by atoms with Crippen LogP contribution in [0.4, 0.5) is 0 Å². The van der Waals surface area contributed by atoms with Crippen LogP contribution in [0.15, 0.2) is 12.4 Å². The molecule has 0 spiro atoms. The topological polar surface area (TPSA) is 96.1 Å². The minimum absolute atomic E-state index is 0.0407. The number of nitrogens with one attached hydrogen (secondary N) is 3. The molecule has 24 heavy (non-hydrogen) atoms. The van der Waals surface area contributed by atoms with Gasteiger partial charge in [-0.05, 0) is 37.2 Å². The molecule has 7 heteroatoms. The summed E-state index contributed by atoms with van der Waals surface area (Å²) >= 11 is 0. The third kappa shape index (κ3) is 5.33. The molecule has 0 aromatic carbocycles. The molecule has 0 bridgehead atoms. The summed E-state index contributed by atoms with van der Waals surface area (Å²) in [5.74, 6) is 0.326. The number of aromatic amines is 1. The first-order valence-electron chi connectivity index (χ1n) is 8.67. The molecule has 134 valence electrons. The highest BCUT2D eigenvalue weighted by Gasteiger charge is 2.33. The van der Waals surface area contributed by atoms with Crippen LogP contribution in [0, 0.1) is 11.8 Å². The molecule has 1 aromatic rings. The van der Waals surface area contributed by atoms with Gasteiger partial charge in [0, 0.05) is 32.3 Å². The summed E-state index contributed by atoms with van der Waals surface area (Å²) in [5.41, 5.74) is 1.03. The van der Waals surface area contributed by atoms with Crippen LogP contribution >= 0.6 is 0 Å². The Kier molecular flexibility index (Phi) is 7.24. The molecule has 0 aliphatic heterocycles. The van der Waals surface area contributed by atoms with Gasteiger partial charge in [0.2, 0.25) is 11.8 Å². The molecule has 1 aliphatic carbocycles. The maximum atomic E-state index is 12.2. The zero-order chi connectivity index (χ0) is 17.4. The van der Waals surface area contributed by atoms with Gasteiger partial charge in [0.1, 0.15) is 0 Å². The van der Waals surface area contributed by atoms with Crippen LogP contribution < -0.4 is 10.6 Å². The number of methoxy groups -OCH3 is 1. The normalized spacial score (nSPS) is 20.9. The molecule has 1 unspecified atom stereocenters. The molecule has 1 aromatic heterocycles. The number of rotatable bonds is 10. The highest BCUT2D eigenvalue weighted by molar-refractivity contribution is 5.79. The predicted molar refractivity (Wildman–Crippen MR) is 90.2 cm³/mol. The van der Waals surface area contributed by atoms with Crippen molar-refractivity contribution in [1.29, 1.82) is 0 Å². The van der Waals surface area contributed by atoms with Crippen molar-refractivity contribution in [1.82, 2.24) is 20.8 Å². The molecule has 3 atom stereocenters. The van der Waals surface area contributed by atoms with E-state index in [4.69, 9.17) is 4.74 Å². The molecular formula is C17H28N4O3. The summed E-state index contributed by atoms with van der Waals surface area (Å²) in [5, 5.41) is 12.7. The highest BCUT2D eigenvalue weighted by atomic mass is 16.5. The van der Waals surface area contributed by atoms with Crippen LogP contribution in [0.5, 0.6) is 0 Å². The summed E-state index contributed by atoms with van der Waals surface area (Å²) in [7, 11) is 1.61. The lowest BCUT2D eigenvalue weighted by Crippen LogP contribution is -2.52. The zero-order valence-corrected chi connectivity index (χ0v) is 14.5. The second kappa shape index (κ2) is 9.42. The van der Waals surface area contributed by atoms with E-state index in [-0.39, 0.29) is 23.8 Å². The smallest absolute Gasteiger partial charge is 0.225 e. The van der Waals surface area contributed by atoms with Gasteiger partial charge >= 0.3 is 0 Å². The van der Waals surface area contributed by atoms with Gasteiger partial charge in [-0.2, -0.15) is 5.10 Å². The average molecular weight is 336 g/mol. The Labute approximate surface area is 142 Å². The van der Waals surface area contributed by atoms with Gasteiger partial charge in [0.05, 0.1) is 18.7 Å². The van der Waals surface area contributed by atoms with Crippen molar-refractivity contribution in [2.24, 2.45) is 11.8 Å². The molecule has 2 rings (SSSR count). The molecule has 1 fully saturated rings. The van der Waals surface area contributed by atoms with Crippen molar-refractivity contribution >= 4 is 11.8 Å². The van der Waals surface area contributed by atoms with Crippen LogP contribution in [0.3, 0.4) is 0 Å². The molecule has 1 heterocycles. The summed E-state index contributed by atoms with van der Waals surface area (Å²) in [6.45, 7) is 3.06. The number of carbonyl (C=O) groups is 2. The fourth-order valence-electron chi connectivity index (χ4n) is 2.89. The number of nitrogens with zero attached hydrogens (tertiary/aromatic N) is 1. The van der Waals surface area contributed by atoms with Crippen LogP contribution in [0.1, 0.15) is 38.2 Å². The maximum Gasteiger partial charge on any atom is 0.225 e. The number of carbonyl (C=O) groups excluding carboxylic acids is 2. The van der Waals surface area contributed by atoms with Crippen molar-refractivity contribution in [3.63, 3.8) is 0 Å². The van der Waals surface area contributed by atoms with Gasteiger partial charge in [-0.3, -0.25) is 14.7 Å². The van der Waals surface area contributed by atoms with Crippen LogP contribution in [-0.4, -0.2) is 48.3 Å². The van der Waals surface area contributed by atoms with E-state index >= 15 is 0 Å². The first kappa shape index (κ1) is 18.4. The van der Waals surface area contributed by atoms with Crippen LogP contribution in [0.2, 0.25) is 0 Å². The Morgan fingerprint density at radius 2 is 2.29 bits per heavy atom. The van der Waals surface area contributed by atoms with E-state index in [0.29, 0.717) is 31.9 Å². The summed E-state index contributed by atoms with van der Waals surface area (Å²) in [4.78, 5) is 24.1. The van der Waals surface area contributed by atoms with E-state index in [0.717, 1.165) is 24.8 Å². The van der Waals surface area contributed by atoms with Gasteiger partial charge in [0.15, 0.2) is 0 Å². The molecule has 1 saturated carbocycles. The van der Waals surface area contributed by atoms with Crippen LogP contribution in [-0.2, 0) is 20.7 Å². The first-order valence-corrected chi connectivity index (χ1v) is 8.67. The lowest BCUT2D eigenvalue weighted by molar-refractivity contribution is -0.128. The van der Waals surface area contributed by atoms with E-state index in [2.05, 4.69) is 20.8 Å². The van der Waals surface area contributed by atoms with E-state index in [1.54, 1.807) is 19.5 Å². The number of aryl methyl sites for hydroxylation is 1. The highest BCUT2D eigenvalue weighted by Crippen LogP contribution is 2.27. The summed E-state index contributed by atoms with van der Waals surface area (Å²) in [6, 6.07) is 0.164. The lowest BCUT2D eigenvalue weighted by atomic mass is 9.79.